The van der Waals surface area contributed by atoms with Gasteiger partial charge >= 0.3 is 0 Å². The SMILES string of the molecule is CN1CCc2c(Cl)cc(Nc3ncc(C#N)c(Nc4cccc(N=S(C)(C)=O)n4)n3)cc2C1. The first-order valence-corrected chi connectivity index (χ1v) is 12.9. The molecule has 4 rings (SSSR count). The van der Waals surface area contributed by atoms with Gasteiger partial charge in [-0.1, -0.05) is 17.7 Å². The molecule has 3 heterocycles. The summed E-state index contributed by atoms with van der Waals surface area (Å²) in [5.41, 5.74) is 3.36. The van der Waals surface area contributed by atoms with Crippen molar-refractivity contribution in [3.05, 3.63) is 58.2 Å². The Kier molecular flexibility index (Phi) is 6.47. The molecule has 11 heteroatoms. The molecule has 1 aliphatic heterocycles. The zero-order valence-corrected chi connectivity index (χ0v) is 20.0. The normalized spacial score (nSPS) is 13.7. The molecule has 0 aliphatic carbocycles. The molecule has 9 nitrogen and oxygen atoms in total. The van der Waals surface area contributed by atoms with Crippen LogP contribution in [-0.4, -0.2) is 50.2 Å². The molecule has 0 radical (unpaired) electrons. The van der Waals surface area contributed by atoms with E-state index in [-0.39, 0.29) is 11.4 Å². The predicted octanol–water partition coefficient (Wildman–Crippen LogP) is 4.23. The lowest BCUT2D eigenvalue weighted by atomic mass is 9.99. The van der Waals surface area contributed by atoms with Crippen LogP contribution in [0, 0.1) is 11.3 Å². The van der Waals surface area contributed by atoms with Crippen LogP contribution in [0.5, 0.6) is 0 Å². The van der Waals surface area contributed by atoms with E-state index in [9.17, 15) is 9.47 Å². The average molecular weight is 483 g/mol. The highest BCUT2D eigenvalue weighted by Crippen LogP contribution is 2.31. The average Bonchev–Trinajstić information content (AvgIpc) is 2.73. The minimum absolute atomic E-state index is 0.254. The summed E-state index contributed by atoms with van der Waals surface area (Å²) < 4.78 is 16.1. The standard InChI is InChI=1S/C22H23ClN8OS/c1-31-8-7-17-14(13-31)9-16(10-18(17)23)26-22-25-12-15(11-24)21(29-22)28-19-5-4-6-20(27-19)30-33(2,3)32/h4-6,9-10,12H,7-8,13H2,1-3H3,(H2,25,26,27,28,29). The molecule has 0 amide bonds. The van der Waals surface area contributed by atoms with E-state index in [2.05, 4.69) is 48.0 Å². The van der Waals surface area contributed by atoms with Gasteiger partial charge < -0.3 is 15.5 Å². The van der Waals surface area contributed by atoms with Crippen LogP contribution >= 0.6 is 11.6 Å². The summed E-state index contributed by atoms with van der Waals surface area (Å²) in [7, 11) is -0.274. The van der Waals surface area contributed by atoms with E-state index in [1.54, 1.807) is 18.2 Å². The van der Waals surface area contributed by atoms with Crippen molar-refractivity contribution in [1.82, 2.24) is 19.9 Å². The van der Waals surface area contributed by atoms with Crippen LogP contribution in [0.15, 0.2) is 40.9 Å². The van der Waals surface area contributed by atoms with E-state index >= 15 is 0 Å². The molecule has 1 aliphatic rings. The second-order valence-corrected chi connectivity index (χ2v) is 11.0. The summed E-state index contributed by atoms with van der Waals surface area (Å²) in [6.07, 6.45) is 5.42. The Morgan fingerprint density at radius 2 is 2.06 bits per heavy atom. The Morgan fingerprint density at radius 1 is 1.24 bits per heavy atom. The molecule has 2 N–H and O–H groups in total. The first-order chi connectivity index (χ1) is 15.7. The van der Waals surface area contributed by atoms with Gasteiger partial charge in [0.2, 0.25) is 5.95 Å². The topological polar surface area (TPSA) is 119 Å². The number of aromatic nitrogens is 3. The molecule has 33 heavy (non-hydrogen) atoms. The Bertz CT molecular complexity index is 1370. The summed E-state index contributed by atoms with van der Waals surface area (Å²) in [6.45, 7) is 1.80. The van der Waals surface area contributed by atoms with Crippen molar-refractivity contribution in [3.63, 3.8) is 0 Å². The van der Waals surface area contributed by atoms with Crippen molar-refractivity contribution in [2.45, 2.75) is 13.0 Å². The lowest BCUT2D eigenvalue weighted by molar-refractivity contribution is 0.313. The van der Waals surface area contributed by atoms with Crippen LogP contribution in [0.25, 0.3) is 0 Å². The van der Waals surface area contributed by atoms with E-state index in [0.29, 0.717) is 22.6 Å². The zero-order valence-electron chi connectivity index (χ0n) is 18.5. The number of pyridine rings is 1. The molecule has 0 unspecified atom stereocenters. The third kappa shape index (κ3) is 5.76. The molecule has 0 fully saturated rings. The second-order valence-electron chi connectivity index (χ2n) is 8.05. The summed E-state index contributed by atoms with van der Waals surface area (Å²) in [5, 5.41) is 16.4. The fourth-order valence-electron chi connectivity index (χ4n) is 3.50. The van der Waals surface area contributed by atoms with Gasteiger partial charge in [0, 0.05) is 46.0 Å². The minimum atomic E-state index is -2.35. The number of nitrogens with zero attached hydrogens (tertiary/aromatic N) is 6. The van der Waals surface area contributed by atoms with Gasteiger partial charge in [0.05, 0.1) is 6.20 Å². The lowest BCUT2D eigenvalue weighted by Crippen LogP contribution is -2.26. The summed E-state index contributed by atoms with van der Waals surface area (Å²) >= 11 is 6.52. The molecule has 0 atom stereocenters. The first-order valence-electron chi connectivity index (χ1n) is 10.2. The van der Waals surface area contributed by atoms with E-state index in [4.69, 9.17) is 11.6 Å². The Labute approximate surface area is 198 Å². The van der Waals surface area contributed by atoms with Gasteiger partial charge in [0.15, 0.2) is 11.6 Å². The maximum absolute atomic E-state index is 12.0. The molecular formula is C22H23ClN8OS. The van der Waals surface area contributed by atoms with Crippen molar-refractivity contribution < 1.29 is 4.21 Å². The Balaban J connectivity index is 1.62. The van der Waals surface area contributed by atoms with Gasteiger partial charge in [-0.15, -0.1) is 0 Å². The van der Waals surface area contributed by atoms with E-state index in [1.807, 2.05) is 12.1 Å². The molecule has 1 aromatic carbocycles. The van der Waals surface area contributed by atoms with Crippen molar-refractivity contribution in [1.29, 1.82) is 5.26 Å². The fraction of sp³-hybridized carbons (Fsp3) is 0.273. The van der Waals surface area contributed by atoms with Crippen molar-refractivity contribution >= 4 is 50.4 Å². The Morgan fingerprint density at radius 3 is 2.82 bits per heavy atom. The van der Waals surface area contributed by atoms with Gasteiger partial charge in [0.1, 0.15) is 17.5 Å². The molecule has 3 aromatic rings. The molecule has 0 spiro atoms. The lowest BCUT2D eigenvalue weighted by Gasteiger charge is -2.26. The van der Waals surface area contributed by atoms with Gasteiger partial charge in [-0.2, -0.15) is 14.6 Å². The molecule has 0 bridgehead atoms. The van der Waals surface area contributed by atoms with Crippen LogP contribution in [0.2, 0.25) is 5.02 Å². The van der Waals surface area contributed by atoms with Gasteiger partial charge in [0.25, 0.3) is 0 Å². The first kappa shape index (κ1) is 22.9. The number of anilines is 4. The second kappa shape index (κ2) is 9.31. The third-order valence-electron chi connectivity index (χ3n) is 4.93. The van der Waals surface area contributed by atoms with Crippen molar-refractivity contribution in [3.8, 4) is 6.07 Å². The van der Waals surface area contributed by atoms with Crippen molar-refractivity contribution in [2.24, 2.45) is 4.36 Å². The number of nitrogens with one attached hydrogen (secondary N) is 2. The maximum atomic E-state index is 12.0. The number of nitriles is 1. The van der Waals surface area contributed by atoms with Crippen LogP contribution in [-0.2, 0) is 22.7 Å². The highest BCUT2D eigenvalue weighted by atomic mass is 35.5. The third-order valence-corrected chi connectivity index (χ3v) is 5.90. The van der Waals surface area contributed by atoms with Crippen LogP contribution in [0.1, 0.15) is 16.7 Å². The van der Waals surface area contributed by atoms with E-state index in [1.165, 1.54) is 29.8 Å². The largest absolute Gasteiger partial charge is 0.324 e. The number of hydrogen-bond acceptors (Lipinski definition) is 9. The predicted molar refractivity (Wildman–Crippen MR) is 131 cm³/mol. The number of likely N-dealkylation sites (N-methyl/N-ethyl adjacent to an activating group) is 1. The summed E-state index contributed by atoms with van der Waals surface area (Å²) in [6, 6.07) is 11.1. The van der Waals surface area contributed by atoms with Crippen LogP contribution in [0.4, 0.5) is 29.1 Å². The molecular weight excluding hydrogens is 460 g/mol. The molecule has 0 saturated carbocycles. The minimum Gasteiger partial charge on any atom is -0.324 e. The maximum Gasteiger partial charge on any atom is 0.229 e. The number of rotatable bonds is 5. The summed E-state index contributed by atoms with van der Waals surface area (Å²) in [5.74, 6) is 1.34. The summed E-state index contributed by atoms with van der Waals surface area (Å²) in [4.78, 5) is 15.3. The zero-order chi connectivity index (χ0) is 23.6. The number of hydrogen-bond donors (Lipinski definition) is 2. The Hall–Kier alpha value is -3.26. The smallest absolute Gasteiger partial charge is 0.229 e. The highest BCUT2D eigenvalue weighted by Gasteiger charge is 2.17. The fourth-order valence-corrected chi connectivity index (χ4v) is 4.38. The molecule has 0 saturated heterocycles. The molecule has 170 valence electrons. The van der Waals surface area contributed by atoms with Gasteiger partial charge in [-0.3, -0.25) is 0 Å². The van der Waals surface area contributed by atoms with Crippen LogP contribution in [0.3, 0.4) is 0 Å². The van der Waals surface area contributed by atoms with Crippen molar-refractivity contribution in [2.75, 3.05) is 36.7 Å². The number of halogens is 1. The number of fused-ring (bicyclic) bond motifs is 1. The monoisotopic (exact) mass is 482 g/mol. The van der Waals surface area contributed by atoms with E-state index in [0.717, 1.165) is 25.2 Å². The molecule has 2 aromatic heterocycles. The quantitative estimate of drug-likeness (QED) is 0.554. The van der Waals surface area contributed by atoms with E-state index < -0.39 is 9.73 Å². The number of benzene rings is 1. The van der Waals surface area contributed by atoms with Crippen LogP contribution < -0.4 is 10.6 Å². The van der Waals surface area contributed by atoms with Gasteiger partial charge in [-0.05, 0) is 48.9 Å². The van der Waals surface area contributed by atoms with Gasteiger partial charge in [-0.25, -0.2) is 14.2 Å². The highest BCUT2D eigenvalue weighted by molar-refractivity contribution is 7.92.